The predicted octanol–water partition coefficient (Wildman–Crippen LogP) is 2.98. The second-order valence-electron chi connectivity index (χ2n) is 6.09. The fourth-order valence-electron chi connectivity index (χ4n) is 2.38. The first-order valence-corrected chi connectivity index (χ1v) is 9.26. The standard InChI is InChI=1S/C21H21NO9/c1-15(23)31-19-6-3-2-5-18(19)21(25)29-14-28-20(24)13-16-7-9-17(10-8-16)27-11-4-12-30-22-26/h2-3,5-10H,4,11-14H2,1H3. The summed E-state index contributed by atoms with van der Waals surface area (Å²) in [6.07, 6.45) is 0.477. The fourth-order valence-corrected chi connectivity index (χ4v) is 2.38. The Hall–Kier alpha value is -3.95. The first-order chi connectivity index (χ1) is 15.0. The molecule has 10 nitrogen and oxygen atoms in total. The summed E-state index contributed by atoms with van der Waals surface area (Å²) >= 11 is 0. The summed E-state index contributed by atoms with van der Waals surface area (Å²) in [6, 6.07) is 12.8. The maximum Gasteiger partial charge on any atom is 0.344 e. The maximum absolute atomic E-state index is 12.1. The quantitative estimate of drug-likeness (QED) is 0.124. The van der Waals surface area contributed by atoms with Crippen molar-refractivity contribution < 1.29 is 38.2 Å². The summed E-state index contributed by atoms with van der Waals surface area (Å²) < 4.78 is 20.2. The van der Waals surface area contributed by atoms with Crippen LogP contribution in [0, 0.1) is 4.91 Å². The van der Waals surface area contributed by atoms with E-state index in [4.69, 9.17) is 18.9 Å². The van der Waals surface area contributed by atoms with Gasteiger partial charge < -0.3 is 23.8 Å². The number of carbonyl (C=O) groups is 3. The minimum Gasteiger partial charge on any atom is -0.493 e. The molecule has 10 heteroatoms. The molecule has 0 saturated heterocycles. The molecule has 0 atom stereocenters. The van der Waals surface area contributed by atoms with Crippen molar-refractivity contribution in [2.24, 2.45) is 5.34 Å². The number of rotatable bonds is 12. The van der Waals surface area contributed by atoms with Crippen molar-refractivity contribution in [3.05, 3.63) is 64.6 Å². The topological polar surface area (TPSA) is 127 Å². The molecule has 0 radical (unpaired) electrons. The average molecular weight is 431 g/mol. The van der Waals surface area contributed by atoms with Gasteiger partial charge in [-0.2, -0.15) is 0 Å². The molecule has 2 aromatic carbocycles. The van der Waals surface area contributed by atoms with Gasteiger partial charge >= 0.3 is 17.9 Å². The molecule has 0 aliphatic rings. The van der Waals surface area contributed by atoms with Gasteiger partial charge in [-0.25, -0.2) is 4.79 Å². The van der Waals surface area contributed by atoms with Crippen molar-refractivity contribution in [3.8, 4) is 11.5 Å². The molecule has 164 valence electrons. The lowest BCUT2D eigenvalue weighted by atomic mass is 10.1. The molecule has 0 aromatic heterocycles. The van der Waals surface area contributed by atoms with E-state index in [2.05, 4.69) is 10.2 Å². The summed E-state index contributed by atoms with van der Waals surface area (Å²) in [7, 11) is 0. The van der Waals surface area contributed by atoms with Crippen LogP contribution in [0.1, 0.15) is 29.3 Å². The highest BCUT2D eigenvalue weighted by Gasteiger charge is 2.15. The van der Waals surface area contributed by atoms with Crippen LogP contribution >= 0.6 is 0 Å². The van der Waals surface area contributed by atoms with Crippen molar-refractivity contribution >= 4 is 17.9 Å². The third-order valence-corrected chi connectivity index (χ3v) is 3.74. The lowest BCUT2D eigenvalue weighted by Crippen LogP contribution is -2.15. The fraction of sp³-hybridized carbons (Fsp3) is 0.286. The van der Waals surface area contributed by atoms with Gasteiger partial charge in [0, 0.05) is 13.3 Å². The van der Waals surface area contributed by atoms with Crippen molar-refractivity contribution in [1.82, 2.24) is 0 Å². The number of hydrogen-bond donors (Lipinski definition) is 0. The Morgan fingerprint density at radius 2 is 1.68 bits per heavy atom. The molecule has 2 aromatic rings. The van der Waals surface area contributed by atoms with Crippen LogP contribution < -0.4 is 9.47 Å². The van der Waals surface area contributed by atoms with Gasteiger partial charge in [0.1, 0.15) is 23.7 Å². The summed E-state index contributed by atoms with van der Waals surface area (Å²) in [5.74, 6) is -1.31. The molecule has 0 heterocycles. The van der Waals surface area contributed by atoms with Crippen LogP contribution in [-0.4, -0.2) is 37.9 Å². The molecule has 0 saturated carbocycles. The third-order valence-electron chi connectivity index (χ3n) is 3.74. The van der Waals surface area contributed by atoms with E-state index in [1.165, 1.54) is 19.1 Å². The normalized spacial score (nSPS) is 9.97. The molecule has 0 amide bonds. The molecular weight excluding hydrogens is 410 g/mol. The Labute approximate surface area is 177 Å². The van der Waals surface area contributed by atoms with Gasteiger partial charge in [0.2, 0.25) is 6.79 Å². The zero-order chi connectivity index (χ0) is 22.5. The van der Waals surface area contributed by atoms with Gasteiger partial charge in [0.05, 0.1) is 13.0 Å². The average Bonchev–Trinajstić information content (AvgIpc) is 2.74. The lowest BCUT2D eigenvalue weighted by molar-refractivity contribution is -0.151. The number of nitrogens with zero attached hydrogens (tertiary/aromatic N) is 1. The second kappa shape index (κ2) is 12.6. The lowest BCUT2D eigenvalue weighted by Gasteiger charge is -2.10. The van der Waals surface area contributed by atoms with Crippen LogP contribution in [0.4, 0.5) is 0 Å². The Morgan fingerprint density at radius 3 is 2.39 bits per heavy atom. The van der Waals surface area contributed by atoms with E-state index in [1.807, 2.05) is 0 Å². The van der Waals surface area contributed by atoms with Crippen molar-refractivity contribution in [2.75, 3.05) is 20.0 Å². The van der Waals surface area contributed by atoms with Gasteiger partial charge in [0.15, 0.2) is 5.34 Å². The molecular formula is C21H21NO9. The van der Waals surface area contributed by atoms with Crippen molar-refractivity contribution in [3.63, 3.8) is 0 Å². The Kier molecular flexibility index (Phi) is 9.47. The van der Waals surface area contributed by atoms with E-state index in [9.17, 15) is 19.3 Å². The van der Waals surface area contributed by atoms with Gasteiger partial charge in [-0.3, -0.25) is 9.59 Å². The molecule has 0 unspecified atom stereocenters. The SMILES string of the molecule is CC(=O)Oc1ccccc1C(=O)OCOC(=O)Cc1ccc(OCCCON=O)cc1. The number of esters is 3. The second-order valence-corrected chi connectivity index (χ2v) is 6.09. The molecule has 0 spiro atoms. The van der Waals surface area contributed by atoms with Gasteiger partial charge in [-0.1, -0.05) is 24.3 Å². The highest BCUT2D eigenvalue weighted by Crippen LogP contribution is 2.19. The Bertz CT molecular complexity index is 896. The zero-order valence-electron chi connectivity index (χ0n) is 16.8. The molecule has 0 fully saturated rings. The Morgan fingerprint density at radius 1 is 0.935 bits per heavy atom. The molecule has 0 N–H and O–H groups in total. The van der Waals surface area contributed by atoms with E-state index in [0.717, 1.165) is 0 Å². The largest absolute Gasteiger partial charge is 0.493 e. The maximum atomic E-state index is 12.1. The van der Waals surface area contributed by atoms with E-state index in [-0.39, 0.29) is 24.3 Å². The number of carbonyl (C=O) groups excluding carboxylic acids is 3. The molecule has 0 aliphatic carbocycles. The number of hydrogen-bond acceptors (Lipinski definition) is 10. The molecule has 31 heavy (non-hydrogen) atoms. The van der Waals surface area contributed by atoms with E-state index in [1.54, 1.807) is 36.4 Å². The minimum absolute atomic E-state index is 0.0271. The number of benzene rings is 2. The number of ether oxygens (including phenoxy) is 4. The number of para-hydroxylation sites is 1. The molecule has 0 bridgehead atoms. The monoisotopic (exact) mass is 431 g/mol. The van der Waals surface area contributed by atoms with Crippen LogP contribution in [0.3, 0.4) is 0 Å². The van der Waals surface area contributed by atoms with Gasteiger partial charge in [-0.15, -0.1) is 4.91 Å². The smallest absolute Gasteiger partial charge is 0.344 e. The Balaban J connectivity index is 1.74. The van der Waals surface area contributed by atoms with E-state index < -0.39 is 24.7 Å². The van der Waals surface area contributed by atoms with Crippen LogP contribution in [0.2, 0.25) is 0 Å². The summed E-state index contributed by atoms with van der Waals surface area (Å²) in [4.78, 5) is 49.3. The minimum atomic E-state index is -0.791. The van der Waals surface area contributed by atoms with Crippen LogP contribution in [0.25, 0.3) is 0 Å². The van der Waals surface area contributed by atoms with Gasteiger partial charge in [0.25, 0.3) is 0 Å². The highest BCUT2D eigenvalue weighted by atomic mass is 16.7. The summed E-state index contributed by atoms with van der Waals surface area (Å²) in [5.41, 5.74) is 0.718. The zero-order valence-corrected chi connectivity index (χ0v) is 16.8. The first kappa shape index (κ1) is 23.3. The highest BCUT2D eigenvalue weighted by molar-refractivity contribution is 5.93. The summed E-state index contributed by atoms with van der Waals surface area (Å²) in [6.45, 7) is 1.16. The van der Waals surface area contributed by atoms with Crippen molar-refractivity contribution in [2.45, 2.75) is 19.8 Å². The van der Waals surface area contributed by atoms with E-state index in [0.29, 0.717) is 24.3 Å². The molecule has 2 rings (SSSR count). The van der Waals surface area contributed by atoms with Crippen molar-refractivity contribution in [1.29, 1.82) is 0 Å². The van der Waals surface area contributed by atoms with Crippen LogP contribution in [-0.2, 0) is 30.3 Å². The predicted molar refractivity (Wildman–Crippen MR) is 106 cm³/mol. The third kappa shape index (κ3) is 8.52. The first-order valence-electron chi connectivity index (χ1n) is 9.26. The van der Waals surface area contributed by atoms with Gasteiger partial charge in [-0.05, 0) is 29.8 Å². The van der Waals surface area contributed by atoms with Crippen LogP contribution in [0.5, 0.6) is 11.5 Å². The van der Waals surface area contributed by atoms with Crippen LogP contribution in [0.15, 0.2) is 53.9 Å². The summed E-state index contributed by atoms with van der Waals surface area (Å²) in [5, 5.41) is 2.28. The molecule has 0 aliphatic heterocycles. The van der Waals surface area contributed by atoms with E-state index >= 15 is 0 Å².